The highest BCUT2D eigenvalue weighted by Gasteiger charge is 2.36. The largest absolute Gasteiger partial charge is 0.479 e. The van der Waals surface area contributed by atoms with Gasteiger partial charge in [-0.1, -0.05) is 6.92 Å². The fraction of sp³-hybridized carbons (Fsp3) is 0.818. The van der Waals surface area contributed by atoms with Crippen LogP contribution in [-0.2, 0) is 14.3 Å². The van der Waals surface area contributed by atoms with Crippen LogP contribution in [-0.4, -0.2) is 60.3 Å². The van der Waals surface area contributed by atoms with Crippen molar-refractivity contribution in [2.45, 2.75) is 25.5 Å². The number of morpholine rings is 1. The standard InChI is InChI=1S/C11H18N2O4/c1-7-2-3-12-9(7)10(14)13-4-5-17-8(6-13)11(15)16/h7-9,12H,2-6H2,1H3,(H,15,16). The van der Waals surface area contributed by atoms with Crippen molar-refractivity contribution in [2.75, 3.05) is 26.2 Å². The van der Waals surface area contributed by atoms with Crippen molar-refractivity contribution in [1.82, 2.24) is 10.2 Å². The third kappa shape index (κ3) is 2.58. The third-order valence-electron chi connectivity index (χ3n) is 3.45. The lowest BCUT2D eigenvalue weighted by Crippen LogP contribution is -2.54. The number of hydrogen-bond acceptors (Lipinski definition) is 4. The van der Waals surface area contributed by atoms with Crippen LogP contribution in [0.1, 0.15) is 13.3 Å². The van der Waals surface area contributed by atoms with E-state index in [1.54, 1.807) is 4.90 Å². The predicted molar refractivity (Wildman–Crippen MR) is 59.5 cm³/mol. The second-order valence-electron chi connectivity index (χ2n) is 4.68. The van der Waals surface area contributed by atoms with Crippen LogP contribution in [0.5, 0.6) is 0 Å². The molecule has 0 aromatic heterocycles. The molecule has 0 aromatic rings. The van der Waals surface area contributed by atoms with E-state index in [2.05, 4.69) is 5.32 Å². The van der Waals surface area contributed by atoms with E-state index in [0.717, 1.165) is 13.0 Å². The number of nitrogens with zero attached hydrogens (tertiary/aromatic N) is 1. The van der Waals surface area contributed by atoms with Crippen molar-refractivity contribution in [3.8, 4) is 0 Å². The fourth-order valence-electron chi connectivity index (χ4n) is 2.36. The maximum absolute atomic E-state index is 12.2. The van der Waals surface area contributed by atoms with Crippen molar-refractivity contribution >= 4 is 11.9 Å². The summed E-state index contributed by atoms with van der Waals surface area (Å²) >= 11 is 0. The molecule has 0 saturated carbocycles. The summed E-state index contributed by atoms with van der Waals surface area (Å²) in [6.45, 7) is 3.82. The van der Waals surface area contributed by atoms with Gasteiger partial charge in [0.05, 0.1) is 19.2 Å². The molecule has 0 radical (unpaired) electrons. The first kappa shape index (κ1) is 12.3. The summed E-state index contributed by atoms with van der Waals surface area (Å²) in [5, 5.41) is 12.0. The molecule has 0 bridgehead atoms. The number of aliphatic carboxylic acids is 1. The summed E-state index contributed by atoms with van der Waals surface area (Å²) in [6.07, 6.45) is 0.104. The molecule has 2 saturated heterocycles. The molecule has 0 aliphatic carbocycles. The molecular weight excluding hydrogens is 224 g/mol. The third-order valence-corrected chi connectivity index (χ3v) is 3.45. The minimum Gasteiger partial charge on any atom is -0.479 e. The van der Waals surface area contributed by atoms with Gasteiger partial charge in [-0.3, -0.25) is 4.79 Å². The van der Waals surface area contributed by atoms with Crippen LogP contribution in [0.4, 0.5) is 0 Å². The second kappa shape index (κ2) is 5.01. The Morgan fingerprint density at radius 3 is 2.82 bits per heavy atom. The lowest BCUT2D eigenvalue weighted by Gasteiger charge is -2.33. The van der Waals surface area contributed by atoms with Gasteiger partial charge in [0.25, 0.3) is 0 Å². The predicted octanol–water partition coefficient (Wildman–Crippen LogP) is -0.704. The zero-order valence-corrected chi connectivity index (χ0v) is 9.89. The first-order valence-corrected chi connectivity index (χ1v) is 5.96. The number of carboxylic acids is 1. The molecule has 6 nitrogen and oxygen atoms in total. The van der Waals surface area contributed by atoms with Crippen molar-refractivity contribution in [3.05, 3.63) is 0 Å². The topological polar surface area (TPSA) is 78.9 Å². The Labute approximate surface area is 99.9 Å². The number of carbonyl (C=O) groups is 2. The van der Waals surface area contributed by atoms with Crippen molar-refractivity contribution in [1.29, 1.82) is 0 Å². The molecule has 2 aliphatic rings. The van der Waals surface area contributed by atoms with E-state index in [-0.39, 0.29) is 18.5 Å². The Balaban J connectivity index is 1.97. The highest BCUT2D eigenvalue weighted by Crippen LogP contribution is 2.18. The van der Waals surface area contributed by atoms with Gasteiger partial charge in [-0.25, -0.2) is 4.79 Å². The van der Waals surface area contributed by atoms with Gasteiger partial charge in [-0.2, -0.15) is 0 Å². The van der Waals surface area contributed by atoms with E-state index < -0.39 is 12.1 Å². The summed E-state index contributed by atoms with van der Waals surface area (Å²) in [7, 11) is 0. The molecule has 3 unspecified atom stereocenters. The van der Waals surface area contributed by atoms with Crippen LogP contribution in [0.2, 0.25) is 0 Å². The van der Waals surface area contributed by atoms with Gasteiger partial charge in [-0.15, -0.1) is 0 Å². The number of hydrogen-bond donors (Lipinski definition) is 2. The lowest BCUT2D eigenvalue weighted by molar-refractivity contribution is -0.160. The van der Waals surface area contributed by atoms with Crippen LogP contribution in [0, 0.1) is 5.92 Å². The van der Waals surface area contributed by atoms with Crippen molar-refractivity contribution < 1.29 is 19.4 Å². The summed E-state index contributed by atoms with van der Waals surface area (Å²) in [5.41, 5.74) is 0. The Hall–Kier alpha value is -1.14. The van der Waals surface area contributed by atoms with Gasteiger partial charge < -0.3 is 20.1 Å². The molecule has 96 valence electrons. The van der Waals surface area contributed by atoms with Crippen molar-refractivity contribution in [3.63, 3.8) is 0 Å². The first-order chi connectivity index (χ1) is 8.09. The molecule has 2 aliphatic heterocycles. The molecule has 1 amide bonds. The molecule has 17 heavy (non-hydrogen) atoms. The summed E-state index contributed by atoms with van der Waals surface area (Å²) < 4.78 is 5.10. The number of carboxylic acid groups (broad SMARTS) is 1. The molecule has 2 N–H and O–H groups in total. The fourth-order valence-corrected chi connectivity index (χ4v) is 2.36. The highest BCUT2D eigenvalue weighted by atomic mass is 16.5. The van der Waals surface area contributed by atoms with Crippen LogP contribution < -0.4 is 5.32 Å². The summed E-state index contributed by atoms with van der Waals surface area (Å²) in [6, 6.07) is -0.164. The van der Waals surface area contributed by atoms with Crippen molar-refractivity contribution in [2.24, 2.45) is 5.92 Å². The average Bonchev–Trinajstić information content (AvgIpc) is 2.74. The van der Waals surface area contributed by atoms with Gasteiger partial charge in [0.1, 0.15) is 0 Å². The summed E-state index contributed by atoms with van der Waals surface area (Å²) in [5.74, 6) is -0.687. The quantitative estimate of drug-likeness (QED) is 0.669. The van der Waals surface area contributed by atoms with Gasteiger partial charge in [0, 0.05) is 6.54 Å². The van der Waals surface area contributed by atoms with Crippen LogP contribution in [0.25, 0.3) is 0 Å². The molecule has 0 spiro atoms. The summed E-state index contributed by atoms with van der Waals surface area (Å²) in [4.78, 5) is 24.6. The molecular formula is C11H18N2O4. The number of amides is 1. The van der Waals surface area contributed by atoms with Crippen LogP contribution >= 0.6 is 0 Å². The molecule has 2 heterocycles. The van der Waals surface area contributed by atoms with E-state index in [1.165, 1.54) is 0 Å². The van der Waals surface area contributed by atoms with E-state index in [0.29, 0.717) is 19.1 Å². The molecule has 0 aromatic carbocycles. The minimum absolute atomic E-state index is 0.00421. The number of carbonyl (C=O) groups excluding carboxylic acids is 1. The minimum atomic E-state index is -1.00. The van der Waals surface area contributed by atoms with E-state index in [1.807, 2.05) is 6.92 Å². The van der Waals surface area contributed by atoms with Gasteiger partial charge in [0.15, 0.2) is 6.10 Å². The zero-order chi connectivity index (χ0) is 12.4. The van der Waals surface area contributed by atoms with E-state index >= 15 is 0 Å². The first-order valence-electron chi connectivity index (χ1n) is 5.96. The maximum atomic E-state index is 12.2. The van der Waals surface area contributed by atoms with E-state index in [9.17, 15) is 9.59 Å². The van der Waals surface area contributed by atoms with Gasteiger partial charge in [-0.05, 0) is 18.9 Å². The molecule has 2 fully saturated rings. The second-order valence-corrected chi connectivity index (χ2v) is 4.68. The molecule has 2 rings (SSSR count). The zero-order valence-electron chi connectivity index (χ0n) is 9.89. The van der Waals surface area contributed by atoms with E-state index in [4.69, 9.17) is 9.84 Å². The normalized spacial score (nSPS) is 33.7. The Bertz CT molecular complexity index is 321. The molecule has 6 heteroatoms. The number of rotatable bonds is 2. The smallest absolute Gasteiger partial charge is 0.334 e. The average molecular weight is 242 g/mol. The Kier molecular flexibility index (Phi) is 3.63. The number of ether oxygens (including phenoxy) is 1. The maximum Gasteiger partial charge on any atom is 0.334 e. The molecule has 3 atom stereocenters. The van der Waals surface area contributed by atoms with Crippen LogP contribution in [0.15, 0.2) is 0 Å². The lowest BCUT2D eigenvalue weighted by atomic mass is 10.0. The Morgan fingerprint density at radius 1 is 1.47 bits per heavy atom. The SMILES string of the molecule is CC1CCNC1C(=O)N1CCOC(C(=O)O)C1. The van der Waals surface area contributed by atoms with Gasteiger partial charge in [0.2, 0.25) is 5.91 Å². The van der Waals surface area contributed by atoms with Crippen LogP contribution in [0.3, 0.4) is 0 Å². The highest BCUT2D eigenvalue weighted by molar-refractivity contribution is 5.83. The number of nitrogens with one attached hydrogen (secondary N) is 1. The van der Waals surface area contributed by atoms with Gasteiger partial charge >= 0.3 is 5.97 Å². The monoisotopic (exact) mass is 242 g/mol. The Morgan fingerprint density at radius 2 is 2.24 bits per heavy atom.